The van der Waals surface area contributed by atoms with Crippen LogP contribution < -0.4 is 11.5 Å². The first-order valence-electron chi connectivity index (χ1n) is 5.09. The van der Waals surface area contributed by atoms with Crippen molar-refractivity contribution in [3.05, 3.63) is 51.7 Å². The summed E-state index contributed by atoms with van der Waals surface area (Å²) in [4.78, 5) is 0. The zero-order valence-electron chi connectivity index (χ0n) is 9.13. The Morgan fingerprint density at radius 3 is 2.33 bits per heavy atom. The first kappa shape index (κ1) is 13.9. The van der Waals surface area contributed by atoms with Crippen LogP contribution in [0.3, 0.4) is 0 Å². The molecule has 0 radical (unpaired) electrons. The molecule has 1 aromatic rings. The van der Waals surface area contributed by atoms with Crippen molar-refractivity contribution in [2.45, 2.75) is 10.3 Å². The van der Waals surface area contributed by atoms with E-state index in [4.69, 9.17) is 57.9 Å². The fourth-order valence-electron chi connectivity index (χ4n) is 1.91. The van der Waals surface area contributed by atoms with Gasteiger partial charge >= 0.3 is 0 Å². The van der Waals surface area contributed by atoms with Gasteiger partial charge in [0.1, 0.15) is 4.33 Å². The topological polar surface area (TPSA) is 52.0 Å². The van der Waals surface area contributed by atoms with Gasteiger partial charge in [-0.15, -0.1) is 0 Å². The molecule has 0 saturated heterocycles. The summed E-state index contributed by atoms with van der Waals surface area (Å²) in [5.41, 5.74) is 13.0. The maximum Gasteiger partial charge on any atom is 0.150 e. The molecule has 0 aliphatic heterocycles. The van der Waals surface area contributed by atoms with Crippen molar-refractivity contribution < 1.29 is 0 Å². The van der Waals surface area contributed by atoms with E-state index in [1.165, 1.54) is 0 Å². The highest BCUT2D eigenvalue weighted by Gasteiger charge is 2.40. The predicted molar refractivity (Wildman–Crippen MR) is 79.2 cm³/mol. The molecule has 2 rings (SSSR count). The van der Waals surface area contributed by atoms with Crippen LogP contribution in [0.4, 0.5) is 5.69 Å². The van der Waals surface area contributed by atoms with Crippen molar-refractivity contribution in [1.29, 1.82) is 0 Å². The summed E-state index contributed by atoms with van der Waals surface area (Å²) in [5.74, 6) is -0.470. The molecule has 0 amide bonds. The third-order valence-corrected chi connectivity index (χ3v) is 3.97. The lowest BCUT2D eigenvalue weighted by atomic mass is 9.90. The SMILES string of the molecule is NC1=CC(Cl)(Cl)C(c2ccc(N)cc2Cl)C(Cl)=C1. The molecule has 1 unspecified atom stereocenters. The van der Waals surface area contributed by atoms with Gasteiger partial charge in [-0.1, -0.05) is 52.5 Å². The van der Waals surface area contributed by atoms with Crippen molar-refractivity contribution in [2.24, 2.45) is 5.73 Å². The minimum Gasteiger partial charge on any atom is -0.399 e. The highest BCUT2D eigenvalue weighted by Crippen LogP contribution is 2.49. The molecular weight excluding hydrogens is 314 g/mol. The Labute approximate surface area is 125 Å². The van der Waals surface area contributed by atoms with Gasteiger partial charge in [0, 0.05) is 21.4 Å². The molecule has 0 fully saturated rings. The largest absolute Gasteiger partial charge is 0.399 e. The second-order valence-electron chi connectivity index (χ2n) is 4.06. The minimum absolute atomic E-state index is 0.424. The van der Waals surface area contributed by atoms with Crippen LogP contribution in [0.5, 0.6) is 0 Å². The molecule has 1 aromatic carbocycles. The number of alkyl halides is 2. The molecule has 2 nitrogen and oxygen atoms in total. The second-order valence-corrected chi connectivity index (χ2v) is 6.35. The van der Waals surface area contributed by atoms with Gasteiger partial charge in [-0.05, 0) is 29.8 Å². The Morgan fingerprint density at radius 2 is 1.78 bits per heavy atom. The molecular formula is C12H10Cl4N2. The average Bonchev–Trinajstić information content (AvgIpc) is 2.18. The summed E-state index contributed by atoms with van der Waals surface area (Å²) in [6, 6.07) is 5.11. The molecule has 0 spiro atoms. The molecule has 6 heteroatoms. The number of halogens is 4. The standard InChI is InChI=1S/C12H10Cl4N2/c13-9-3-6(17)1-2-8(9)11-10(14)4-7(18)5-12(11,15)16/h1-5,11H,17-18H2. The van der Waals surface area contributed by atoms with Gasteiger partial charge in [-0.3, -0.25) is 0 Å². The lowest BCUT2D eigenvalue weighted by Gasteiger charge is -2.31. The van der Waals surface area contributed by atoms with Gasteiger partial charge < -0.3 is 11.5 Å². The Balaban J connectivity index is 2.53. The van der Waals surface area contributed by atoms with Gasteiger partial charge in [0.2, 0.25) is 0 Å². The highest BCUT2D eigenvalue weighted by molar-refractivity contribution is 6.52. The number of rotatable bonds is 1. The van der Waals surface area contributed by atoms with E-state index in [2.05, 4.69) is 0 Å². The number of hydrogen-bond donors (Lipinski definition) is 2. The fourth-order valence-corrected chi connectivity index (χ4v) is 3.45. The normalized spacial score (nSPS) is 22.3. The Hall–Kier alpha value is -0.540. The summed E-state index contributed by atoms with van der Waals surface area (Å²) in [6.45, 7) is 0. The van der Waals surface area contributed by atoms with Crippen molar-refractivity contribution >= 4 is 52.1 Å². The zero-order valence-corrected chi connectivity index (χ0v) is 12.2. The Bertz CT molecular complexity index is 549. The zero-order chi connectivity index (χ0) is 13.5. The maximum absolute atomic E-state index is 6.27. The third kappa shape index (κ3) is 2.57. The number of allylic oxidation sites excluding steroid dienone is 3. The van der Waals surface area contributed by atoms with Crippen LogP contribution in [0.1, 0.15) is 11.5 Å². The van der Waals surface area contributed by atoms with Crippen LogP contribution in [0.15, 0.2) is 41.1 Å². The number of benzene rings is 1. The maximum atomic E-state index is 6.27. The predicted octanol–water partition coefficient (Wildman–Crippen LogP) is 4.16. The van der Waals surface area contributed by atoms with E-state index in [-0.39, 0.29) is 0 Å². The molecule has 0 aromatic heterocycles. The van der Waals surface area contributed by atoms with Crippen LogP contribution in [0.2, 0.25) is 5.02 Å². The Kier molecular flexibility index (Phi) is 3.75. The second kappa shape index (κ2) is 4.86. The third-order valence-electron chi connectivity index (χ3n) is 2.66. The molecule has 18 heavy (non-hydrogen) atoms. The quantitative estimate of drug-likeness (QED) is 0.602. The van der Waals surface area contributed by atoms with Crippen LogP contribution in [-0.4, -0.2) is 4.33 Å². The summed E-state index contributed by atoms with van der Waals surface area (Å²) in [7, 11) is 0. The molecule has 0 saturated carbocycles. The van der Waals surface area contributed by atoms with Gasteiger partial charge in [0.15, 0.2) is 0 Å². The fraction of sp³-hybridized carbons (Fsp3) is 0.167. The van der Waals surface area contributed by atoms with Crippen molar-refractivity contribution in [3.63, 3.8) is 0 Å². The molecule has 0 heterocycles. The van der Waals surface area contributed by atoms with Gasteiger partial charge in [0.05, 0.1) is 5.92 Å². The minimum atomic E-state index is -1.24. The highest BCUT2D eigenvalue weighted by atomic mass is 35.5. The van der Waals surface area contributed by atoms with Gasteiger partial charge in [-0.2, -0.15) is 0 Å². The van der Waals surface area contributed by atoms with Crippen LogP contribution in [0, 0.1) is 0 Å². The lowest BCUT2D eigenvalue weighted by Crippen LogP contribution is -2.27. The van der Waals surface area contributed by atoms with E-state index in [1.807, 2.05) is 0 Å². The van der Waals surface area contributed by atoms with Crippen LogP contribution >= 0.6 is 46.4 Å². The number of nitrogen functional groups attached to an aromatic ring is 1. The van der Waals surface area contributed by atoms with Crippen molar-refractivity contribution in [2.75, 3.05) is 5.73 Å². The number of hydrogen-bond acceptors (Lipinski definition) is 2. The lowest BCUT2D eigenvalue weighted by molar-refractivity contribution is 0.779. The smallest absolute Gasteiger partial charge is 0.150 e. The van der Waals surface area contributed by atoms with Crippen LogP contribution in [-0.2, 0) is 0 Å². The monoisotopic (exact) mass is 322 g/mol. The van der Waals surface area contributed by atoms with Gasteiger partial charge in [0.25, 0.3) is 0 Å². The summed E-state index contributed by atoms with van der Waals surface area (Å²) in [5, 5.41) is 0.901. The first-order valence-corrected chi connectivity index (χ1v) is 6.60. The molecule has 1 atom stereocenters. The molecule has 96 valence electrons. The van der Waals surface area contributed by atoms with E-state index >= 15 is 0 Å². The number of anilines is 1. The average molecular weight is 324 g/mol. The first-order chi connectivity index (χ1) is 8.31. The van der Waals surface area contributed by atoms with E-state index in [0.29, 0.717) is 27.0 Å². The van der Waals surface area contributed by atoms with E-state index in [0.717, 1.165) is 0 Å². The van der Waals surface area contributed by atoms with Gasteiger partial charge in [-0.25, -0.2) is 0 Å². The van der Waals surface area contributed by atoms with E-state index < -0.39 is 10.3 Å². The molecule has 1 aliphatic carbocycles. The molecule has 0 bridgehead atoms. The van der Waals surface area contributed by atoms with Crippen molar-refractivity contribution in [1.82, 2.24) is 0 Å². The molecule has 4 N–H and O–H groups in total. The summed E-state index contributed by atoms with van der Waals surface area (Å²) in [6.07, 6.45) is 3.15. The summed E-state index contributed by atoms with van der Waals surface area (Å²) < 4.78 is -1.24. The van der Waals surface area contributed by atoms with Crippen molar-refractivity contribution in [3.8, 4) is 0 Å². The molecule has 1 aliphatic rings. The number of nitrogens with two attached hydrogens (primary N) is 2. The van der Waals surface area contributed by atoms with Crippen LogP contribution in [0.25, 0.3) is 0 Å². The van der Waals surface area contributed by atoms with E-state index in [1.54, 1.807) is 30.4 Å². The van der Waals surface area contributed by atoms with E-state index in [9.17, 15) is 0 Å². The Morgan fingerprint density at radius 1 is 1.11 bits per heavy atom. The summed E-state index contributed by atoms with van der Waals surface area (Å²) >= 11 is 24.9.